The van der Waals surface area contributed by atoms with Crippen molar-refractivity contribution in [3.05, 3.63) is 18.2 Å². The minimum atomic E-state index is -3.91. The lowest BCUT2D eigenvalue weighted by Gasteiger charge is -2.31. The van der Waals surface area contributed by atoms with Gasteiger partial charge in [0.1, 0.15) is 4.90 Å². The molecule has 0 spiro atoms. The highest BCUT2D eigenvalue weighted by molar-refractivity contribution is 7.89. The van der Waals surface area contributed by atoms with E-state index in [4.69, 9.17) is 16.6 Å². The predicted molar refractivity (Wildman–Crippen MR) is 81.0 cm³/mol. The normalized spacial score (nSPS) is 16.0. The van der Waals surface area contributed by atoms with Crippen molar-refractivity contribution in [1.82, 2.24) is 0 Å². The Hall–Kier alpha value is -1.80. The number of hydrogen-bond acceptors (Lipinski definition) is 5. The number of carbonyl (C=O) groups is 1. The summed E-state index contributed by atoms with van der Waals surface area (Å²) in [5.74, 6) is -0.484. The third kappa shape index (κ3) is 3.45. The van der Waals surface area contributed by atoms with Crippen LogP contribution in [0, 0.1) is 0 Å². The largest absolute Gasteiger partial charge is 0.396 e. The Balaban J connectivity index is 2.47. The molecular weight excluding hydrogens is 292 g/mol. The number of anilines is 2. The Morgan fingerprint density at radius 1 is 1.29 bits per heavy atom. The van der Waals surface area contributed by atoms with Crippen molar-refractivity contribution in [2.75, 3.05) is 17.2 Å². The minimum Gasteiger partial charge on any atom is -0.396 e. The molecule has 0 bridgehead atoms. The van der Waals surface area contributed by atoms with E-state index in [1.165, 1.54) is 6.07 Å². The molecule has 1 aliphatic carbocycles. The second-order valence-electron chi connectivity index (χ2n) is 5.27. The van der Waals surface area contributed by atoms with Crippen molar-refractivity contribution < 1.29 is 13.2 Å². The molecule has 2 rings (SSSR count). The van der Waals surface area contributed by atoms with Gasteiger partial charge in [-0.15, -0.1) is 0 Å². The average Bonchev–Trinajstić information content (AvgIpc) is 2.88. The Kier molecular flexibility index (Phi) is 4.38. The standard InChI is InChI=1S/C13H20N4O3S/c14-12(18)8-17(9-4-1-2-5-9)10-6-3-7-11(13(10)15)21(16,19)20/h3,6-7,9H,1-2,4-5,8,15H2,(H2,14,18)(H2,16,19,20). The summed E-state index contributed by atoms with van der Waals surface area (Å²) in [5, 5.41) is 5.16. The summed E-state index contributed by atoms with van der Waals surface area (Å²) < 4.78 is 23.1. The number of nitrogens with two attached hydrogens (primary N) is 3. The topological polar surface area (TPSA) is 133 Å². The maximum absolute atomic E-state index is 11.6. The summed E-state index contributed by atoms with van der Waals surface area (Å²) >= 11 is 0. The molecule has 1 aromatic rings. The zero-order chi connectivity index (χ0) is 15.6. The summed E-state index contributed by atoms with van der Waals surface area (Å²) in [4.78, 5) is 13.0. The molecule has 0 aromatic heterocycles. The molecule has 0 unspecified atom stereocenters. The zero-order valence-corrected chi connectivity index (χ0v) is 12.5. The molecule has 1 saturated carbocycles. The van der Waals surface area contributed by atoms with Crippen LogP contribution in [-0.4, -0.2) is 26.9 Å². The van der Waals surface area contributed by atoms with Gasteiger partial charge in [0.2, 0.25) is 15.9 Å². The number of primary sulfonamides is 1. The number of hydrogen-bond donors (Lipinski definition) is 3. The lowest BCUT2D eigenvalue weighted by molar-refractivity contribution is -0.116. The number of amides is 1. The van der Waals surface area contributed by atoms with Crippen LogP contribution in [0.15, 0.2) is 23.1 Å². The van der Waals surface area contributed by atoms with Crippen LogP contribution in [0.1, 0.15) is 25.7 Å². The molecule has 1 aromatic carbocycles. The summed E-state index contributed by atoms with van der Waals surface area (Å²) in [6, 6.07) is 4.74. The van der Waals surface area contributed by atoms with Crippen molar-refractivity contribution in [2.45, 2.75) is 36.6 Å². The first-order chi connectivity index (χ1) is 9.80. The summed E-state index contributed by atoms with van der Waals surface area (Å²) in [6.07, 6.45) is 3.97. The van der Waals surface area contributed by atoms with Gasteiger partial charge in [0.15, 0.2) is 0 Å². The Morgan fingerprint density at radius 3 is 2.43 bits per heavy atom. The molecule has 0 aliphatic heterocycles. The molecule has 0 atom stereocenters. The molecule has 1 aliphatic rings. The molecule has 116 valence electrons. The van der Waals surface area contributed by atoms with E-state index in [1.54, 1.807) is 17.0 Å². The fourth-order valence-corrected chi connectivity index (χ4v) is 3.51. The number of primary amides is 1. The van der Waals surface area contributed by atoms with Gasteiger partial charge in [-0.25, -0.2) is 13.6 Å². The maximum atomic E-state index is 11.6. The fourth-order valence-electron chi connectivity index (χ4n) is 2.83. The smallest absolute Gasteiger partial charge is 0.240 e. The molecule has 1 fully saturated rings. The Bertz CT molecular complexity index is 639. The van der Waals surface area contributed by atoms with E-state index in [-0.39, 0.29) is 23.2 Å². The zero-order valence-electron chi connectivity index (χ0n) is 11.7. The van der Waals surface area contributed by atoms with Gasteiger partial charge in [0.25, 0.3) is 0 Å². The van der Waals surface area contributed by atoms with Crippen LogP contribution in [0.4, 0.5) is 11.4 Å². The van der Waals surface area contributed by atoms with Gasteiger partial charge < -0.3 is 16.4 Å². The van der Waals surface area contributed by atoms with Crippen LogP contribution < -0.4 is 21.5 Å². The summed E-state index contributed by atoms with van der Waals surface area (Å²) in [6.45, 7) is 0.00292. The first kappa shape index (κ1) is 15.6. The van der Waals surface area contributed by atoms with Gasteiger partial charge in [-0.2, -0.15) is 0 Å². The molecule has 0 radical (unpaired) electrons. The van der Waals surface area contributed by atoms with Gasteiger partial charge in [-0.1, -0.05) is 18.9 Å². The lowest BCUT2D eigenvalue weighted by Crippen LogP contribution is -2.40. The number of sulfonamides is 1. The van der Waals surface area contributed by atoms with E-state index in [0.29, 0.717) is 5.69 Å². The molecule has 0 heterocycles. The Morgan fingerprint density at radius 2 is 1.90 bits per heavy atom. The molecule has 21 heavy (non-hydrogen) atoms. The van der Waals surface area contributed by atoms with Crippen molar-refractivity contribution >= 4 is 27.3 Å². The first-order valence-electron chi connectivity index (χ1n) is 6.77. The maximum Gasteiger partial charge on any atom is 0.240 e. The van der Waals surface area contributed by atoms with Crippen molar-refractivity contribution in [2.24, 2.45) is 10.9 Å². The predicted octanol–water partition coefficient (Wildman–Crippen LogP) is 0.151. The molecule has 7 nitrogen and oxygen atoms in total. The van der Waals surface area contributed by atoms with Crippen LogP contribution >= 0.6 is 0 Å². The van der Waals surface area contributed by atoms with Crippen LogP contribution in [0.3, 0.4) is 0 Å². The highest BCUT2D eigenvalue weighted by Crippen LogP contribution is 2.34. The van der Waals surface area contributed by atoms with E-state index in [2.05, 4.69) is 0 Å². The minimum absolute atomic E-state index is 0.00292. The van der Waals surface area contributed by atoms with Crippen LogP contribution in [0.5, 0.6) is 0 Å². The van der Waals surface area contributed by atoms with Crippen LogP contribution in [0.2, 0.25) is 0 Å². The Labute approximate surface area is 124 Å². The molecule has 6 N–H and O–H groups in total. The average molecular weight is 312 g/mol. The van der Waals surface area contributed by atoms with Crippen molar-refractivity contribution in [3.63, 3.8) is 0 Å². The summed E-state index contributed by atoms with van der Waals surface area (Å²) in [5.41, 5.74) is 11.8. The third-order valence-corrected chi connectivity index (χ3v) is 4.72. The van der Waals surface area contributed by atoms with Gasteiger partial charge in [-0.05, 0) is 25.0 Å². The van der Waals surface area contributed by atoms with Gasteiger partial charge in [0.05, 0.1) is 17.9 Å². The molecule has 1 amide bonds. The monoisotopic (exact) mass is 312 g/mol. The second-order valence-corrected chi connectivity index (χ2v) is 6.80. The van der Waals surface area contributed by atoms with E-state index in [9.17, 15) is 13.2 Å². The SMILES string of the molecule is NC(=O)CN(c1cccc(S(N)(=O)=O)c1N)C1CCCC1. The van der Waals surface area contributed by atoms with Gasteiger partial charge >= 0.3 is 0 Å². The number of para-hydroxylation sites is 1. The molecule has 8 heteroatoms. The first-order valence-corrected chi connectivity index (χ1v) is 8.31. The van der Waals surface area contributed by atoms with Crippen molar-refractivity contribution in [3.8, 4) is 0 Å². The number of carbonyl (C=O) groups excluding carboxylic acids is 1. The van der Waals surface area contributed by atoms with E-state index in [0.717, 1.165) is 25.7 Å². The van der Waals surface area contributed by atoms with Gasteiger partial charge in [-0.3, -0.25) is 4.79 Å². The van der Waals surface area contributed by atoms with E-state index < -0.39 is 15.9 Å². The third-order valence-electron chi connectivity index (χ3n) is 3.75. The molecular formula is C13H20N4O3S. The summed E-state index contributed by atoms with van der Waals surface area (Å²) in [7, 11) is -3.91. The van der Waals surface area contributed by atoms with Crippen LogP contribution in [-0.2, 0) is 14.8 Å². The van der Waals surface area contributed by atoms with Gasteiger partial charge in [0, 0.05) is 6.04 Å². The molecule has 0 saturated heterocycles. The van der Waals surface area contributed by atoms with E-state index in [1.807, 2.05) is 0 Å². The lowest BCUT2D eigenvalue weighted by atomic mass is 10.1. The highest BCUT2D eigenvalue weighted by Gasteiger charge is 2.27. The fraction of sp³-hybridized carbons (Fsp3) is 0.462. The number of nitrogens with zero attached hydrogens (tertiary/aromatic N) is 1. The van der Waals surface area contributed by atoms with Crippen LogP contribution in [0.25, 0.3) is 0 Å². The number of rotatable bonds is 5. The quantitative estimate of drug-likeness (QED) is 0.666. The number of benzene rings is 1. The second kappa shape index (κ2) is 5.90. The van der Waals surface area contributed by atoms with E-state index >= 15 is 0 Å². The van der Waals surface area contributed by atoms with Crippen molar-refractivity contribution in [1.29, 1.82) is 0 Å². The number of nitrogen functional groups attached to an aromatic ring is 1. The highest BCUT2D eigenvalue weighted by atomic mass is 32.2.